The monoisotopic (exact) mass is 644 g/mol. The summed E-state index contributed by atoms with van der Waals surface area (Å²) in [5.41, 5.74) is 2.36. The van der Waals surface area contributed by atoms with Crippen LogP contribution < -0.4 is 15.4 Å². The van der Waals surface area contributed by atoms with Crippen molar-refractivity contribution in [3.8, 4) is 5.75 Å². The van der Waals surface area contributed by atoms with E-state index in [1.165, 1.54) is 74.1 Å². The van der Waals surface area contributed by atoms with E-state index in [0.717, 1.165) is 16.9 Å². The number of nitrogens with zero attached hydrogens (tertiary/aromatic N) is 2. The second-order valence-corrected chi connectivity index (χ2v) is 13.1. The van der Waals surface area contributed by atoms with E-state index in [1.54, 1.807) is 6.07 Å². The number of amides is 3. The van der Waals surface area contributed by atoms with Crippen molar-refractivity contribution in [3.63, 3.8) is 0 Å². The van der Waals surface area contributed by atoms with Crippen molar-refractivity contribution >= 4 is 34.7 Å². The minimum absolute atomic E-state index is 0.0572. The summed E-state index contributed by atoms with van der Waals surface area (Å²) >= 11 is 0. The van der Waals surface area contributed by atoms with Crippen LogP contribution in [0.15, 0.2) is 54.6 Å². The predicted molar refractivity (Wildman–Crippen MR) is 176 cm³/mol. The first kappa shape index (κ1) is 32.6. The van der Waals surface area contributed by atoms with Crippen LogP contribution in [0, 0.1) is 17.7 Å². The van der Waals surface area contributed by atoms with Gasteiger partial charge in [0.1, 0.15) is 29.5 Å². The number of carbonyl (C=O) groups excluding carboxylic acids is 3. The molecule has 0 radical (unpaired) electrons. The molecule has 2 heterocycles. The number of carbonyl (C=O) groups is 3. The summed E-state index contributed by atoms with van der Waals surface area (Å²) in [6, 6.07) is 11.6. The summed E-state index contributed by atoms with van der Waals surface area (Å²) in [5.74, 6) is -0.0768. The van der Waals surface area contributed by atoms with E-state index in [1.807, 2.05) is 25.1 Å². The van der Waals surface area contributed by atoms with Crippen molar-refractivity contribution in [1.82, 2.24) is 20.5 Å². The summed E-state index contributed by atoms with van der Waals surface area (Å²) in [6.07, 6.45) is 11.4. The molecule has 0 bridgehead atoms. The van der Waals surface area contributed by atoms with Gasteiger partial charge in [-0.1, -0.05) is 43.5 Å². The van der Waals surface area contributed by atoms with Crippen molar-refractivity contribution in [2.75, 3.05) is 19.7 Å². The fraction of sp³-hybridized carbons (Fsp3) is 0.459. The van der Waals surface area contributed by atoms with Crippen LogP contribution in [-0.2, 0) is 9.59 Å². The van der Waals surface area contributed by atoms with Crippen molar-refractivity contribution in [3.05, 3.63) is 77.2 Å². The second-order valence-electron chi connectivity index (χ2n) is 13.1. The molecule has 0 spiro atoms. The lowest BCUT2D eigenvalue weighted by Crippen LogP contribution is -2.49. The number of allylic oxidation sites excluding steroid dienone is 1. The average Bonchev–Trinajstić information content (AvgIpc) is 3.83. The second kappa shape index (κ2) is 14.6. The van der Waals surface area contributed by atoms with E-state index < -0.39 is 48.3 Å². The number of hydrogen-bond acceptors (Lipinski definition) is 5. The summed E-state index contributed by atoms with van der Waals surface area (Å²) in [6.45, 7) is 1.92. The standard InChI is InChI=1S/C37H42F2N4O4/c1-23(31-14-13-30(18-26(31)10-9-24-7-8-24)47-22-25-5-3-2-4-6-25)41-37(46)34-19-29(39)21-43(34)35(44)20-40-36(45)33-15-11-27-17-28(38)12-16-32(27)42-33/h9-18,23-25,29,34H,2-8,19-22H2,1H3,(H,40,45)(H,41,46)/b10-9+/t23-,29-,34?/m1/s1. The van der Waals surface area contributed by atoms with Gasteiger partial charge in [0.25, 0.3) is 5.91 Å². The van der Waals surface area contributed by atoms with Crippen LogP contribution in [-0.4, -0.2) is 59.5 Å². The Labute approximate surface area is 274 Å². The maximum absolute atomic E-state index is 14.6. The van der Waals surface area contributed by atoms with Crippen LogP contribution in [0.25, 0.3) is 17.0 Å². The molecule has 6 rings (SSSR count). The molecule has 8 nitrogen and oxygen atoms in total. The summed E-state index contributed by atoms with van der Waals surface area (Å²) in [7, 11) is 0. The first-order valence-electron chi connectivity index (χ1n) is 16.8. The van der Waals surface area contributed by atoms with Gasteiger partial charge in [0, 0.05) is 11.8 Å². The van der Waals surface area contributed by atoms with Crippen LogP contribution in [0.2, 0.25) is 0 Å². The molecule has 10 heteroatoms. The minimum Gasteiger partial charge on any atom is -0.493 e. The Morgan fingerprint density at radius 2 is 1.85 bits per heavy atom. The molecule has 47 heavy (non-hydrogen) atoms. The summed E-state index contributed by atoms with van der Waals surface area (Å²) < 4.78 is 34.3. The minimum atomic E-state index is -1.36. The zero-order valence-corrected chi connectivity index (χ0v) is 26.7. The highest BCUT2D eigenvalue weighted by Gasteiger charge is 2.40. The number of likely N-dealkylation sites (tertiary alicyclic amines) is 1. The van der Waals surface area contributed by atoms with Crippen molar-refractivity contribution in [1.29, 1.82) is 0 Å². The van der Waals surface area contributed by atoms with Gasteiger partial charge >= 0.3 is 0 Å². The first-order chi connectivity index (χ1) is 22.7. The zero-order valence-electron chi connectivity index (χ0n) is 26.7. The van der Waals surface area contributed by atoms with E-state index in [9.17, 15) is 23.2 Å². The molecular weight excluding hydrogens is 602 g/mol. The molecule has 1 aliphatic heterocycles. The number of nitrogens with one attached hydrogen (secondary N) is 2. The number of ether oxygens (including phenoxy) is 1. The lowest BCUT2D eigenvalue weighted by atomic mass is 9.90. The van der Waals surface area contributed by atoms with Crippen LogP contribution in [0.1, 0.15) is 85.9 Å². The van der Waals surface area contributed by atoms with Crippen LogP contribution in [0.4, 0.5) is 8.78 Å². The number of aromatic nitrogens is 1. The van der Waals surface area contributed by atoms with Gasteiger partial charge in [0.05, 0.1) is 31.3 Å². The number of alkyl halides is 1. The van der Waals surface area contributed by atoms with Crippen molar-refractivity contribution < 1.29 is 27.9 Å². The van der Waals surface area contributed by atoms with Gasteiger partial charge in [0.2, 0.25) is 11.8 Å². The van der Waals surface area contributed by atoms with Crippen molar-refractivity contribution in [2.24, 2.45) is 11.8 Å². The quantitative estimate of drug-likeness (QED) is 0.255. The van der Waals surface area contributed by atoms with Gasteiger partial charge in [-0.15, -0.1) is 0 Å². The molecule has 2 aliphatic carbocycles. The maximum atomic E-state index is 14.6. The average molecular weight is 645 g/mol. The Morgan fingerprint density at radius 1 is 1.04 bits per heavy atom. The van der Waals surface area contributed by atoms with E-state index in [2.05, 4.69) is 27.8 Å². The Hall–Kier alpha value is -4.34. The first-order valence-corrected chi connectivity index (χ1v) is 16.8. The Kier molecular flexibility index (Phi) is 10.1. The molecule has 1 unspecified atom stereocenters. The molecule has 3 aromatic rings. The van der Waals surface area contributed by atoms with Crippen LogP contribution >= 0.6 is 0 Å². The van der Waals surface area contributed by atoms with Gasteiger partial charge in [-0.3, -0.25) is 14.4 Å². The van der Waals surface area contributed by atoms with Crippen LogP contribution in [0.3, 0.4) is 0 Å². The number of rotatable bonds is 11. The topological polar surface area (TPSA) is 101 Å². The highest BCUT2D eigenvalue weighted by Crippen LogP contribution is 2.33. The highest BCUT2D eigenvalue weighted by molar-refractivity contribution is 5.97. The van der Waals surface area contributed by atoms with Crippen molar-refractivity contribution in [2.45, 2.75) is 76.5 Å². The number of fused-ring (bicyclic) bond motifs is 1. The van der Waals surface area contributed by atoms with E-state index in [4.69, 9.17) is 4.74 Å². The van der Waals surface area contributed by atoms with Gasteiger partial charge in [-0.05, 0) is 92.0 Å². The molecule has 3 amide bonds. The summed E-state index contributed by atoms with van der Waals surface area (Å²) in [5, 5.41) is 6.07. The lowest BCUT2D eigenvalue weighted by Gasteiger charge is -2.26. The lowest BCUT2D eigenvalue weighted by molar-refractivity contribution is -0.138. The largest absolute Gasteiger partial charge is 0.493 e. The normalized spacial score (nSPS) is 20.8. The number of pyridine rings is 1. The molecule has 1 saturated heterocycles. The molecule has 248 valence electrons. The fourth-order valence-corrected chi connectivity index (χ4v) is 6.54. The Bertz CT molecular complexity index is 1650. The zero-order chi connectivity index (χ0) is 32.9. The molecular formula is C37H42F2N4O4. The maximum Gasteiger partial charge on any atom is 0.270 e. The smallest absolute Gasteiger partial charge is 0.270 e. The van der Waals surface area contributed by atoms with Gasteiger partial charge in [0.15, 0.2) is 0 Å². The third-order valence-corrected chi connectivity index (χ3v) is 9.42. The third-order valence-electron chi connectivity index (χ3n) is 9.42. The highest BCUT2D eigenvalue weighted by atomic mass is 19.1. The number of hydrogen-bond donors (Lipinski definition) is 2. The molecule has 2 saturated carbocycles. The number of benzene rings is 2. The molecule has 2 aromatic carbocycles. The summed E-state index contributed by atoms with van der Waals surface area (Å²) in [4.78, 5) is 44.8. The molecule has 3 atom stereocenters. The fourth-order valence-electron chi connectivity index (χ4n) is 6.54. The molecule has 1 aromatic heterocycles. The molecule has 2 N–H and O–H groups in total. The third kappa shape index (κ3) is 8.34. The van der Waals surface area contributed by atoms with Gasteiger partial charge in [-0.2, -0.15) is 0 Å². The SMILES string of the molecule is C[C@@H](NC(=O)C1C[C@@H](F)CN1C(=O)CNC(=O)c1ccc2cc(F)ccc2n1)c1ccc(OCC2CCCCC2)cc1/C=C/C1CC1. The van der Waals surface area contributed by atoms with Gasteiger partial charge < -0.3 is 20.3 Å². The van der Waals surface area contributed by atoms with Gasteiger partial charge in [-0.25, -0.2) is 13.8 Å². The predicted octanol–water partition coefficient (Wildman–Crippen LogP) is 6.30. The Balaban J connectivity index is 1.08. The van der Waals surface area contributed by atoms with E-state index in [-0.39, 0.29) is 18.7 Å². The Morgan fingerprint density at radius 3 is 2.64 bits per heavy atom. The molecule has 3 aliphatic rings. The van der Waals surface area contributed by atoms with Crippen LogP contribution in [0.5, 0.6) is 5.75 Å². The van der Waals surface area contributed by atoms with E-state index >= 15 is 0 Å². The molecule has 3 fully saturated rings. The number of halogens is 2. The van der Waals surface area contributed by atoms with E-state index in [0.29, 0.717) is 29.3 Å².